The fourth-order valence-corrected chi connectivity index (χ4v) is 2.21. The smallest absolute Gasteiger partial charge is 0.125 e. The van der Waals surface area contributed by atoms with Crippen LogP contribution in [0, 0.1) is 0 Å². The molecule has 0 spiro atoms. The van der Waals surface area contributed by atoms with Crippen LogP contribution < -0.4 is 4.74 Å². The molecule has 1 aromatic carbocycles. The average Bonchev–Trinajstić information content (AvgIpc) is 2.22. The first-order valence-corrected chi connectivity index (χ1v) is 5.71. The number of azo groups is 1. The molecule has 1 aromatic rings. The van der Waals surface area contributed by atoms with Crippen LogP contribution in [-0.2, 0) is 0 Å². The maximum absolute atomic E-state index is 5.38. The molecular weight excluding hydrogens is 256 g/mol. The molecule has 0 radical (unpaired) electrons. The van der Waals surface area contributed by atoms with Crippen molar-refractivity contribution in [3.8, 4) is 5.75 Å². The summed E-state index contributed by atoms with van der Waals surface area (Å²) in [5.41, 5.74) is 2.06. The van der Waals surface area contributed by atoms with Crippen molar-refractivity contribution in [2.45, 2.75) is 25.8 Å². The number of fused-ring (bicyclic) bond motifs is 1. The van der Waals surface area contributed by atoms with Gasteiger partial charge >= 0.3 is 0 Å². The van der Waals surface area contributed by atoms with Gasteiger partial charge < -0.3 is 4.74 Å². The van der Waals surface area contributed by atoms with Crippen molar-refractivity contribution < 1.29 is 4.74 Å². The van der Waals surface area contributed by atoms with Crippen molar-refractivity contribution in [2.24, 2.45) is 10.2 Å². The van der Waals surface area contributed by atoms with Crippen LogP contribution in [0.25, 0.3) is 0 Å². The van der Waals surface area contributed by atoms with Gasteiger partial charge in [0.25, 0.3) is 0 Å². The maximum atomic E-state index is 5.38. The van der Waals surface area contributed by atoms with Crippen LogP contribution in [0.5, 0.6) is 5.75 Å². The third-order valence-corrected chi connectivity index (χ3v) is 3.29. The Labute approximate surface area is 97.7 Å². The first kappa shape index (κ1) is 10.6. The number of methoxy groups -OCH3 is 1. The van der Waals surface area contributed by atoms with Gasteiger partial charge in [-0.15, -0.1) is 0 Å². The lowest BCUT2D eigenvalue weighted by molar-refractivity contribution is 0.401. The number of nitrogens with zero attached hydrogens (tertiary/aromatic N) is 2. The maximum Gasteiger partial charge on any atom is 0.125 e. The first-order chi connectivity index (χ1) is 7.13. The van der Waals surface area contributed by atoms with Gasteiger partial charge in [-0.2, -0.15) is 10.2 Å². The second-order valence-electron chi connectivity index (χ2n) is 3.79. The van der Waals surface area contributed by atoms with Crippen molar-refractivity contribution >= 4 is 21.6 Å². The molecule has 3 nitrogen and oxygen atoms in total. The normalized spacial score (nSPS) is 23.7. The molecule has 2 atom stereocenters. The fourth-order valence-electron chi connectivity index (χ4n) is 1.78. The van der Waals surface area contributed by atoms with Gasteiger partial charge in [0.15, 0.2) is 0 Å². The highest BCUT2D eigenvalue weighted by Gasteiger charge is 2.25. The average molecular weight is 269 g/mol. The van der Waals surface area contributed by atoms with Crippen molar-refractivity contribution in [3.05, 3.63) is 22.2 Å². The van der Waals surface area contributed by atoms with Crippen molar-refractivity contribution in [1.82, 2.24) is 0 Å². The standard InChI is InChI=1S/C11H13BrN2O/c1-6-7(2)13-14-9-4-8(12)5-10(15-3)11(6)9/h4-7H,1-3H3. The summed E-state index contributed by atoms with van der Waals surface area (Å²) in [5, 5.41) is 8.43. The molecule has 1 aliphatic rings. The molecule has 4 heteroatoms. The Kier molecular flexibility index (Phi) is 2.78. The van der Waals surface area contributed by atoms with E-state index in [1.165, 1.54) is 0 Å². The number of hydrogen-bond acceptors (Lipinski definition) is 3. The molecule has 0 aromatic heterocycles. The molecule has 80 valence electrons. The number of benzene rings is 1. The van der Waals surface area contributed by atoms with Crippen LogP contribution >= 0.6 is 15.9 Å². The van der Waals surface area contributed by atoms with E-state index in [2.05, 4.69) is 40.0 Å². The van der Waals surface area contributed by atoms with Crippen molar-refractivity contribution in [1.29, 1.82) is 0 Å². The lowest BCUT2D eigenvalue weighted by Gasteiger charge is -2.24. The van der Waals surface area contributed by atoms with E-state index in [9.17, 15) is 0 Å². The zero-order valence-electron chi connectivity index (χ0n) is 8.99. The van der Waals surface area contributed by atoms with Gasteiger partial charge in [0.1, 0.15) is 5.75 Å². The summed E-state index contributed by atoms with van der Waals surface area (Å²) in [5.74, 6) is 1.23. The van der Waals surface area contributed by atoms with E-state index >= 15 is 0 Å². The van der Waals surface area contributed by atoms with Crippen LogP contribution in [0.1, 0.15) is 25.3 Å². The molecule has 0 bridgehead atoms. The molecule has 1 aliphatic heterocycles. The summed E-state index contributed by atoms with van der Waals surface area (Å²) >= 11 is 3.44. The summed E-state index contributed by atoms with van der Waals surface area (Å²) in [4.78, 5) is 0. The predicted octanol–water partition coefficient (Wildman–Crippen LogP) is 4.05. The van der Waals surface area contributed by atoms with Crippen LogP contribution in [0.2, 0.25) is 0 Å². The Morgan fingerprint density at radius 2 is 2.07 bits per heavy atom. The van der Waals surface area contributed by atoms with E-state index in [0.29, 0.717) is 5.92 Å². The third-order valence-electron chi connectivity index (χ3n) is 2.83. The SMILES string of the molecule is COc1cc(Br)cc2c1C(C)C(C)N=N2. The molecular formula is C11H13BrN2O. The number of ether oxygens (including phenoxy) is 1. The van der Waals surface area contributed by atoms with E-state index in [1.807, 2.05) is 12.1 Å². The van der Waals surface area contributed by atoms with Crippen LogP contribution in [0.15, 0.2) is 26.8 Å². The van der Waals surface area contributed by atoms with Gasteiger partial charge in [-0.1, -0.05) is 22.9 Å². The Bertz CT molecular complexity index is 417. The largest absolute Gasteiger partial charge is 0.496 e. The molecule has 15 heavy (non-hydrogen) atoms. The minimum atomic E-state index is 0.215. The van der Waals surface area contributed by atoms with Crippen LogP contribution in [0.4, 0.5) is 5.69 Å². The van der Waals surface area contributed by atoms with Crippen molar-refractivity contribution in [3.63, 3.8) is 0 Å². The van der Waals surface area contributed by atoms with Gasteiger partial charge in [0, 0.05) is 16.0 Å². The quantitative estimate of drug-likeness (QED) is 0.757. The highest BCUT2D eigenvalue weighted by atomic mass is 79.9. The van der Waals surface area contributed by atoms with Crippen LogP contribution in [0.3, 0.4) is 0 Å². The first-order valence-electron chi connectivity index (χ1n) is 4.91. The molecule has 0 N–H and O–H groups in total. The summed E-state index contributed by atoms with van der Waals surface area (Å²) < 4.78 is 6.35. The molecule has 2 unspecified atom stereocenters. The Balaban J connectivity index is 2.62. The molecule has 0 fully saturated rings. The van der Waals surface area contributed by atoms with E-state index in [0.717, 1.165) is 21.5 Å². The highest BCUT2D eigenvalue weighted by molar-refractivity contribution is 9.10. The topological polar surface area (TPSA) is 34.0 Å². The highest BCUT2D eigenvalue weighted by Crippen LogP contribution is 2.43. The monoisotopic (exact) mass is 268 g/mol. The van der Waals surface area contributed by atoms with Gasteiger partial charge in [-0.3, -0.25) is 0 Å². The minimum Gasteiger partial charge on any atom is -0.496 e. The minimum absolute atomic E-state index is 0.215. The second-order valence-corrected chi connectivity index (χ2v) is 4.70. The second kappa shape index (κ2) is 3.93. The van der Waals surface area contributed by atoms with E-state index in [-0.39, 0.29) is 6.04 Å². The third kappa shape index (κ3) is 1.78. The molecule has 0 aliphatic carbocycles. The zero-order valence-corrected chi connectivity index (χ0v) is 10.6. The predicted molar refractivity (Wildman–Crippen MR) is 63.1 cm³/mol. The van der Waals surface area contributed by atoms with E-state index in [4.69, 9.17) is 4.74 Å². The summed E-state index contributed by atoms with van der Waals surface area (Å²) in [6.07, 6.45) is 0. The summed E-state index contributed by atoms with van der Waals surface area (Å²) in [6.45, 7) is 4.22. The molecule has 0 saturated carbocycles. The van der Waals surface area contributed by atoms with Gasteiger partial charge in [0.2, 0.25) is 0 Å². The lowest BCUT2D eigenvalue weighted by Crippen LogP contribution is -2.13. The summed E-state index contributed by atoms with van der Waals surface area (Å²) in [7, 11) is 1.69. The lowest BCUT2D eigenvalue weighted by atomic mass is 9.91. The van der Waals surface area contributed by atoms with Crippen molar-refractivity contribution in [2.75, 3.05) is 7.11 Å². The number of hydrogen-bond donors (Lipinski definition) is 0. The zero-order chi connectivity index (χ0) is 11.0. The number of halogens is 1. The fraction of sp³-hybridized carbons (Fsp3) is 0.455. The Morgan fingerprint density at radius 1 is 1.33 bits per heavy atom. The molecule has 1 heterocycles. The Hall–Kier alpha value is -0.900. The van der Waals surface area contributed by atoms with Gasteiger partial charge in [-0.05, 0) is 19.1 Å². The Morgan fingerprint density at radius 3 is 2.73 bits per heavy atom. The van der Waals surface area contributed by atoms with Gasteiger partial charge in [0.05, 0.1) is 18.8 Å². The molecule has 0 saturated heterocycles. The van der Waals surface area contributed by atoms with E-state index < -0.39 is 0 Å². The van der Waals surface area contributed by atoms with Crippen LogP contribution in [-0.4, -0.2) is 13.2 Å². The number of rotatable bonds is 1. The molecule has 0 amide bonds. The van der Waals surface area contributed by atoms with Gasteiger partial charge in [-0.25, -0.2) is 0 Å². The van der Waals surface area contributed by atoms with E-state index in [1.54, 1.807) is 7.11 Å². The summed E-state index contributed by atoms with van der Waals surface area (Å²) in [6, 6.07) is 4.17. The molecule has 2 rings (SSSR count).